The van der Waals surface area contributed by atoms with Gasteiger partial charge in [-0.1, -0.05) is 12.1 Å². The Morgan fingerprint density at radius 2 is 1.81 bits per heavy atom. The number of nitro groups is 1. The second-order valence-electron chi connectivity index (χ2n) is 7.99. The molecule has 8 heteroatoms. The van der Waals surface area contributed by atoms with E-state index in [4.69, 9.17) is 4.74 Å². The summed E-state index contributed by atoms with van der Waals surface area (Å²) in [7, 11) is 0. The normalized spacial score (nSPS) is 20.8. The molecule has 1 aromatic rings. The third-order valence-electron chi connectivity index (χ3n) is 4.82. The number of rotatable bonds is 6. The number of ether oxygens (including phenoxy) is 1. The highest BCUT2D eigenvalue weighted by molar-refractivity contribution is 5.85. The number of para-hydroxylation sites is 2. The van der Waals surface area contributed by atoms with E-state index in [1.165, 1.54) is 12.1 Å². The quantitative estimate of drug-likeness (QED) is 0.574. The van der Waals surface area contributed by atoms with Gasteiger partial charge in [0.2, 0.25) is 0 Å². The lowest BCUT2D eigenvalue weighted by Gasteiger charge is -2.54. The summed E-state index contributed by atoms with van der Waals surface area (Å²) >= 11 is 0. The van der Waals surface area contributed by atoms with E-state index >= 15 is 0 Å². The van der Waals surface area contributed by atoms with Crippen molar-refractivity contribution in [2.24, 2.45) is 0 Å². The number of nitro benzene ring substituents is 1. The van der Waals surface area contributed by atoms with Gasteiger partial charge in [0.05, 0.1) is 11.0 Å². The molecule has 0 bridgehead atoms. The molecule has 1 atom stereocenters. The smallest absolute Gasteiger partial charge is 0.310 e. The number of benzene rings is 1. The predicted octanol–water partition coefficient (Wildman–Crippen LogP) is 2.77. The fourth-order valence-electron chi connectivity index (χ4n) is 3.94. The molecule has 0 aromatic heterocycles. The summed E-state index contributed by atoms with van der Waals surface area (Å²) in [5, 5.41) is 31.5. The molecule has 1 aliphatic heterocycles. The maximum Gasteiger partial charge on any atom is 0.310 e. The average Bonchev–Trinajstić information content (AvgIpc) is 2.48. The average molecular weight is 389 g/mol. The van der Waals surface area contributed by atoms with Crippen LogP contribution in [-0.2, 0) is 0 Å². The molecule has 26 heavy (non-hydrogen) atoms. The standard InChI is InChI=1S/C18H28N2O5.ClH/c1-17(2)9-13(21)10-18(3,4)19(17)11-14(22)12-25-16-8-6-5-7-15(16)20(23)24;/h5-8,13-14,21-22H,9-12H2,1-4H3;1H. The van der Waals surface area contributed by atoms with Gasteiger partial charge >= 0.3 is 5.69 Å². The summed E-state index contributed by atoms with van der Waals surface area (Å²) in [6.45, 7) is 8.53. The summed E-state index contributed by atoms with van der Waals surface area (Å²) in [6.07, 6.45) is 0.109. The van der Waals surface area contributed by atoms with Crippen molar-refractivity contribution in [3.05, 3.63) is 34.4 Å². The van der Waals surface area contributed by atoms with E-state index in [1.807, 2.05) is 27.7 Å². The highest BCUT2D eigenvalue weighted by atomic mass is 35.5. The van der Waals surface area contributed by atoms with Crippen LogP contribution in [0, 0.1) is 10.1 Å². The van der Waals surface area contributed by atoms with E-state index in [2.05, 4.69) is 4.90 Å². The molecule has 0 aliphatic carbocycles. The van der Waals surface area contributed by atoms with Gasteiger partial charge in [-0.15, -0.1) is 12.4 Å². The number of likely N-dealkylation sites (tertiary alicyclic amines) is 1. The molecule has 148 valence electrons. The lowest BCUT2D eigenvalue weighted by atomic mass is 9.78. The molecule has 7 nitrogen and oxygen atoms in total. The van der Waals surface area contributed by atoms with Gasteiger partial charge in [-0.2, -0.15) is 0 Å². The van der Waals surface area contributed by atoms with Gasteiger partial charge in [0.25, 0.3) is 0 Å². The molecule has 0 radical (unpaired) electrons. The van der Waals surface area contributed by atoms with Gasteiger partial charge in [-0.25, -0.2) is 0 Å². The first-order chi connectivity index (χ1) is 11.5. The van der Waals surface area contributed by atoms with Crippen LogP contribution in [0.25, 0.3) is 0 Å². The fraction of sp³-hybridized carbons (Fsp3) is 0.667. The summed E-state index contributed by atoms with van der Waals surface area (Å²) < 4.78 is 5.49. The topological polar surface area (TPSA) is 96.1 Å². The van der Waals surface area contributed by atoms with Gasteiger partial charge in [-0.05, 0) is 46.6 Å². The largest absolute Gasteiger partial charge is 0.484 e. The molecule has 1 saturated heterocycles. The van der Waals surface area contributed by atoms with E-state index in [1.54, 1.807) is 12.1 Å². The van der Waals surface area contributed by atoms with Crippen LogP contribution in [0.5, 0.6) is 5.75 Å². The van der Waals surface area contributed by atoms with Crippen molar-refractivity contribution in [1.82, 2.24) is 4.90 Å². The van der Waals surface area contributed by atoms with E-state index in [0.717, 1.165) is 0 Å². The lowest BCUT2D eigenvalue weighted by molar-refractivity contribution is -0.385. The Kier molecular flexibility index (Phi) is 7.42. The Morgan fingerprint density at radius 3 is 2.35 bits per heavy atom. The number of hydrogen-bond donors (Lipinski definition) is 2. The van der Waals surface area contributed by atoms with E-state index in [0.29, 0.717) is 19.4 Å². The van der Waals surface area contributed by atoms with E-state index in [-0.39, 0.29) is 47.6 Å². The number of piperidine rings is 1. The Hall–Kier alpha value is -1.41. The SMILES string of the molecule is CC1(C)CC(O)CC(C)(C)N1CC(O)COc1ccccc1[N+](=O)[O-].Cl. The van der Waals surface area contributed by atoms with Crippen LogP contribution >= 0.6 is 12.4 Å². The number of aliphatic hydroxyl groups is 2. The number of nitrogens with zero attached hydrogens (tertiary/aromatic N) is 2. The van der Waals surface area contributed by atoms with Crippen LogP contribution in [-0.4, -0.2) is 56.5 Å². The highest BCUT2D eigenvalue weighted by Gasteiger charge is 2.45. The van der Waals surface area contributed by atoms with Gasteiger partial charge < -0.3 is 14.9 Å². The van der Waals surface area contributed by atoms with Crippen molar-refractivity contribution < 1.29 is 19.9 Å². The van der Waals surface area contributed by atoms with Crippen LogP contribution < -0.4 is 4.74 Å². The molecule has 0 spiro atoms. The van der Waals surface area contributed by atoms with Crippen molar-refractivity contribution in [1.29, 1.82) is 0 Å². The Morgan fingerprint density at radius 1 is 1.27 bits per heavy atom. The first-order valence-electron chi connectivity index (χ1n) is 8.53. The molecule has 0 amide bonds. The molecule has 1 unspecified atom stereocenters. The van der Waals surface area contributed by atoms with Gasteiger partial charge in [0, 0.05) is 23.7 Å². The van der Waals surface area contributed by atoms with Crippen LogP contribution in [0.4, 0.5) is 5.69 Å². The Bertz CT molecular complexity index is 605. The maximum absolute atomic E-state index is 11.0. The van der Waals surface area contributed by atoms with Crippen molar-refractivity contribution in [2.75, 3.05) is 13.2 Å². The third kappa shape index (κ3) is 5.30. The van der Waals surface area contributed by atoms with Gasteiger partial charge in [-0.3, -0.25) is 15.0 Å². The lowest BCUT2D eigenvalue weighted by Crippen LogP contribution is -2.63. The maximum atomic E-state index is 11.0. The molecule has 2 rings (SSSR count). The van der Waals surface area contributed by atoms with Gasteiger partial charge in [0.15, 0.2) is 5.75 Å². The van der Waals surface area contributed by atoms with Gasteiger partial charge in [0.1, 0.15) is 12.7 Å². The van der Waals surface area contributed by atoms with Crippen molar-refractivity contribution >= 4 is 18.1 Å². The molecule has 2 N–H and O–H groups in total. The summed E-state index contributed by atoms with van der Waals surface area (Å²) in [6, 6.07) is 6.13. The number of hydrogen-bond acceptors (Lipinski definition) is 6. The zero-order chi connectivity index (χ0) is 18.8. The molecule has 1 aliphatic rings. The minimum atomic E-state index is -0.798. The summed E-state index contributed by atoms with van der Waals surface area (Å²) in [5.41, 5.74) is -0.640. The molecule has 1 heterocycles. The van der Waals surface area contributed by atoms with Crippen LogP contribution in [0.2, 0.25) is 0 Å². The van der Waals surface area contributed by atoms with E-state index < -0.39 is 11.0 Å². The Labute approximate surface area is 160 Å². The molecular weight excluding hydrogens is 360 g/mol. The monoisotopic (exact) mass is 388 g/mol. The molecular formula is C18H29ClN2O5. The minimum absolute atomic E-state index is 0. The summed E-state index contributed by atoms with van der Waals surface area (Å²) in [5.74, 6) is 0.152. The number of β-amino-alcohol motifs (C(OH)–C–C–N with tert-alkyl or cyclic N) is 1. The van der Waals surface area contributed by atoms with Crippen LogP contribution in [0.15, 0.2) is 24.3 Å². The van der Waals surface area contributed by atoms with E-state index in [9.17, 15) is 20.3 Å². The zero-order valence-electron chi connectivity index (χ0n) is 15.7. The highest BCUT2D eigenvalue weighted by Crippen LogP contribution is 2.38. The van der Waals surface area contributed by atoms with Crippen molar-refractivity contribution in [3.8, 4) is 5.75 Å². The first kappa shape index (κ1) is 22.6. The Balaban J connectivity index is 0.00000338. The van der Waals surface area contributed by atoms with Crippen molar-refractivity contribution in [2.45, 2.75) is 63.8 Å². The number of aliphatic hydroxyl groups excluding tert-OH is 2. The third-order valence-corrected chi connectivity index (χ3v) is 4.82. The van der Waals surface area contributed by atoms with Crippen molar-refractivity contribution in [3.63, 3.8) is 0 Å². The molecule has 1 fully saturated rings. The molecule has 0 saturated carbocycles. The minimum Gasteiger partial charge on any atom is -0.484 e. The second kappa shape index (κ2) is 8.52. The second-order valence-corrected chi connectivity index (χ2v) is 7.99. The molecule has 1 aromatic carbocycles. The van der Waals surface area contributed by atoms with Crippen LogP contribution in [0.3, 0.4) is 0 Å². The fourth-order valence-corrected chi connectivity index (χ4v) is 3.94. The summed E-state index contributed by atoms with van der Waals surface area (Å²) in [4.78, 5) is 12.7. The predicted molar refractivity (Wildman–Crippen MR) is 102 cm³/mol. The first-order valence-corrected chi connectivity index (χ1v) is 8.53. The number of halogens is 1. The zero-order valence-corrected chi connectivity index (χ0v) is 16.5. The van der Waals surface area contributed by atoms with Crippen LogP contribution in [0.1, 0.15) is 40.5 Å².